The third-order valence-corrected chi connectivity index (χ3v) is 3.81. The third-order valence-electron chi connectivity index (χ3n) is 3.81. The molecule has 0 atom stereocenters. The molecule has 0 radical (unpaired) electrons. The fourth-order valence-corrected chi connectivity index (χ4v) is 2.19. The SMILES string of the molecule is COc1ccc(CNC(=O)NCCOc2cccc(C)c2C)cc1. The molecule has 24 heavy (non-hydrogen) atoms. The molecule has 0 saturated heterocycles. The van der Waals surface area contributed by atoms with Crippen molar-refractivity contribution in [3.63, 3.8) is 0 Å². The third kappa shape index (κ3) is 5.19. The van der Waals surface area contributed by atoms with Crippen molar-refractivity contribution in [1.82, 2.24) is 10.6 Å². The van der Waals surface area contributed by atoms with E-state index >= 15 is 0 Å². The molecule has 0 bridgehead atoms. The van der Waals surface area contributed by atoms with Crippen LogP contribution in [0.1, 0.15) is 16.7 Å². The van der Waals surface area contributed by atoms with Gasteiger partial charge < -0.3 is 20.1 Å². The maximum Gasteiger partial charge on any atom is 0.315 e. The molecule has 0 aliphatic carbocycles. The summed E-state index contributed by atoms with van der Waals surface area (Å²) in [4.78, 5) is 11.8. The van der Waals surface area contributed by atoms with E-state index in [-0.39, 0.29) is 6.03 Å². The number of aryl methyl sites for hydroxylation is 1. The van der Waals surface area contributed by atoms with Gasteiger partial charge in [-0.15, -0.1) is 0 Å². The number of hydrogen-bond acceptors (Lipinski definition) is 3. The van der Waals surface area contributed by atoms with Gasteiger partial charge in [-0.2, -0.15) is 0 Å². The lowest BCUT2D eigenvalue weighted by Gasteiger charge is -2.12. The van der Waals surface area contributed by atoms with E-state index in [0.717, 1.165) is 22.6 Å². The van der Waals surface area contributed by atoms with Crippen LogP contribution in [0.15, 0.2) is 42.5 Å². The molecule has 128 valence electrons. The van der Waals surface area contributed by atoms with Crippen LogP contribution in [0.2, 0.25) is 0 Å². The van der Waals surface area contributed by atoms with Crippen LogP contribution >= 0.6 is 0 Å². The summed E-state index contributed by atoms with van der Waals surface area (Å²) >= 11 is 0. The quantitative estimate of drug-likeness (QED) is 0.768. The minimum absolute atomic E-state index is 0.213. The highest BCUT2D eigenvalue weighted by atomic mass is 16.5. The predicted octanol–water partition coefficient (Wildman–Crippen LogP) is 3.19. The molecule has 2 aromatic carbocycles. The number of benzene rings is 2. The zero-order valence-electron chi connectivity index (χ0n) is 14.4. The van der Waals surface area contributed by atoms with Crippen LogP contribution in [0.5, 0.6) is 11.5 Å². The second-order valence-electron chi connectivity index (χ2n) is 5.50. The Balaban J connectivity index is 1.66. The van der Waals surface area contributed by atoms with E-state index in [1.807, 2.05) is 56.3 Å². The molecule has 5 heteroatoms. The van der Waals surface area contributed by atoms with E-state index < -0.39 is 0 Å². The average molecular weight is 328 g/mol. The summed E-state index contributed by atoms with van der Waals surface area (Å²) in [6.45, 7) is 5.42. The van der Waals surface area contributed by atoms with Crippen LogP contribution in [0.3, 0.4) is 0 Å². The molecule has 2 amide bonds. The lowest BCUT2D eigenvalue weighted by Crippen LogP contribution is -2.37. The first-order valence-corrected chi connectivity index (χ1v) is 7.94. The Bertz CT molecular complexity index is 669. The summed E-state index contributed by atoms with van der Waals surface area (Å²) in [5.41, 5.74) is 3.33. The number of methoxy groups -OCH3 is 1. The van der Waals surface area contributed by atoms with E-state index in [4.69, 9.17) is 9.47 Å². The average Bonchev–Trinajstić information content (AvgIpc) is 2.60. The summed E-state index contributed by atoms with van der Waals surface area (Å²) in [5.74, 6) is 1.65. The Labute approximate surface area is 143 Å². The molecule has 2 aromatic rings. The van der Waals surface area contributed by atoms with E-state index in [1.54, 1.807) is 7.11 Å². The van der Waals surface area contributed by atoms with E-state index in [9.17, 15) is 4.79 Å². The Morgan fingerprint density at radius 3 is 2.50 bits per heavy atom. The van der Waals surface area contributed by atoms with Gasteiger partial charge in [-0.05, 0) is 48.7 Å². The highest BCUT2D eigenvalue weighted by Gasteiger charge is 2.03. The van der Waals surface area contributed by atoms with Gasteiger partial charge in [0.1, 0.15) is 18.1 Å². The molecule has 2 rings (SSSR count). The number of carbonyl (C=O) groups excluding carboxylic acids is 1. The van der Waals surface area contributed by atoms with Crippen molar-refractivity contribution in [2.24, 2.45) is 0 Å². The van der Waals surface area contributed by atoms with Crippen LogP contribution in [0.25, 0.3) is 0 Å². The zero-order valence-corrected chi connectivity index (χ0v) is 14.4. The first-order valence-electron chi connectivity index (χ1n) is 7.94. The van der Waals surface area contributed by atoms with Gasteiger partial charge in [0.2, 0.25) is 0 Å². The molecular weight excluding hydrogens is 304 g/mol. The Kier molecular flexibility index (Phi) is 6.49. The number of urea groups is 1. The zero-order chi connectivity index (χ0) is 17.4. The molecule has 0 spiro atoms. The first kappa shape index (κ1) is 17.7. The fraction of sp³-hybridized carbons (Fsp3) is 0.316. The normalized spacial score (nSPS) is 10.1. The maximum atomic E-state index is 11.8. The topological polar surface area (TPSA) is 59.6 Å². The summed E-state index contributed by atoms with van der Waals surface area (Å²) in [6.07, 6.45) is 0. The summed E-state index contributed by atoms with van der Waals surface area (Å²) in [5, 5.41) is 5.59. The van der Waals surface area contributed by atoms with Gasteiger partial charge in [-0.1, -0.05) is 24.3 Å². The van der Waals surface area contributed by atoms with Gasteiger partial charge >= 0.3 is 6.03 Å². The molecule has 2 N–H and O–H groups in total. The van der Waals surface area contributed by atoms with Gasteiger partial charge in [-0.25, -0.2) is 4.79 Å². The lowest BCUT2D eigenvalue weighted by atomic mass is 10.1. The molecule has 0 saturated carbocycles. The van der Waals surface area contributed by atoms with E-state index in [2.05, 4.69) is 10.6 Å². The van der Waals surface area contributed by atoms with Gasteiger partial charge in [0, 0.05) is 6.54 Å². The second kappa shape index (κ2) is 8.82. The van der Waals surface area contributed by atoms with Gasteiger partial charge in [0.15, 0.2) is 0 Å². The standard InChI is InChI=1S/C19H24N2O3/c1-14-5-4-6-18(15(14)2)24-12-11-20-19(22)21-13-16-7-9-17(23-3)10-8-16/h4-10H,11-13H2,1-3H3,(H2,20,21,22). The van der Waals surface area contributed by atoms with Crippen molar-refractivity contribution in [1.29, 1.82) is 0 Å². The Morgan fingerprint density at radius 2 is 1.79 bits per heavy atom. The van der Waals surface area contributed by atoms with Crippen molar-refractivity contribution in [2.45, 2.75) is 20.4 Å². The molecule has 0 fully saturated rings. The monoisotopic (exact) mass is 328 g/mol. The second-order valence-corrected chi connectivity index (χ2v) is 5.50. The molecular formula is C19H24N2O3. The van der Waals surface area contributed by atoms with Crippen LogP contribution in [-0.4, -0.2) is 26.3 Å². The van der Waals surface area contributed by atoms with Gasteiger partial charge in [-0.3, -0.25) is 0 Å². The largest absolute Gasteiger partial charge is 0.497 e. The minimum Gasteiger partial charge on any atom is -0.497 e. The number of carbonyl (C=O) groups is 1. The molecule has 0 aromatic heterocycles. The van der Waals surface area contributed by atoms with E-state index in [0.29, 0.717) is 19.7 Å². The minimum atomic E-state index is -0.213. The van der Waals surface area contributed by atoms with Crippen molar-refractivity contribution in [3.05, 3.63) is 59.2 Å². The fourth-order valence-electron chi connectivity index (χ4n) is 2.19. The first-order chi connectivity index (χ1) is 11.6. The summed E-state index contributed by atoms with van der Waals surface area (Å²) < 4.78 is 10.8. The van der Waals surface area contributed by atoms with E-state index in [1.165, 1.54) is 5.56 Å². The Hall–Kier alpha value is -2.69. The highest BCUT2D eigenvalue weighted by molar-refractivity contribution is 5.73. The van der Waals surface area contributed by atoms with Crippen molar-refractivity contribution < 1.29 is 14.3 Å². The Morgan fingerprint density at radius 1 is 1.04 bits per heavy atom. The van der Waals surface area contributed by atoms with Crippen LogP contribution in [0.4, 0.5) is 4.79 Å². The molecule has 0 aliphatic heterocycles. The smallest absolute Gasteiger partial charge is 0.315 e. The van der Waals surface area contributed by atoms with Crippen molar-refractivity contribution in [3.8, 4) is 11.5 Å². The predicted molar refractivity (Wildman–Crippen MR) is 94.6 cm³/mol. The van der Waals surface area contributed by atoms with Gasteiger partial charge in [0.25, 0.3) is 0 Å². The highest BCUT2D eigenvalue weighted by Crippen LogP contribution is 2.20. The van der Waals surface area contributed by atoms with Crippen LogP contribution in [-0.2, 0) is 6.54 Å². The number of rotatable bonds is 7. The van der Waals surface area contributed by atoms with Crippen molar-refractivity contribution in [2.75, 3.05) is 20.3 Å². The molecule has 0 heterocycles. The maximum absolute atomic E-state index is 11.8. The number of ether oxygens (including phenoxy) is 2. The molecule has 5 nitrogen and oxygen atoms in total. The summed E-state index contributed by atoms with van der Waals surface area (Å²) in [6, 6.07) is 13.3. The number of hydrogen-bond donors (Lipinski definition) is 2. The number of amides is 2. The summed E-state index contributed by atoms with van der Waals surface area (Å²) in [7, 11) is 1.63. The van der Waals surface area contributed by atoms with Crippen LogP contribution in [0, 0.1) is 13.8 Å². The number of nitrogens with one attached hydrogen (secondary N) is 2. The molecule has 0 aliphatic rings. The van der Waals surface area contributed by atoms with Crippen LogP contribution < -0.4 is 20.1 Å². The lowest BCUT2D eigenvalue weighted by molar-refractivity contribution is 0.236. The van der Waals surface area contributed by atoms with Crippen molar-refractivity contribution >= 4 is 6.03 Å². The van der Waals surface area contributed by atoms with Gasteiger partial charge in [0.05, 0.1) is 13.7 Å². The molecule has 0 unspecified atom stereocenters.